The molecule has 4 nitrogen and oxygen atoms in total. The summed E-state index contributed by atoms with van der Waals surface area (Å²) in [6.45, 7) is -3.35. The first kappa shape index (κ1) is 18.5. The Hall–Kier alpha value is -1.83. The predicted octanol–water partition coefficient (Wildman–Crippen LogP) is 3.38. The van der Waals surface area contributed by atoms with Crippen molar-refractivity contribution in [3.05, 3.63) is 29.3 Å². The molecule has 2 rings (SSSR count). The molecule has 1 aromatic carbocycles. The van der Waals surface area contributed by atoms with Crippen molar-refractivity contribution < 1.29 is 32.2 Å². The van der Waals surface area contributed by atoms with Gasteiger partial charge in [-0.1, -0.05) is 25.7 Å². The predicted molar refractivity (Wildman–Crippen MR) is 78.0 cm³/mol. The summed E-state index contributed by atoms with van der Waals surface area (Å²) in [4.78, 5) is 12.0. The first-order valence-corrected chi connectivity index (χ1v) is 7.75. The highest BCUT2D eigenvalue weighted by molar-refractivity contribution is 5.95. The van der Waals surface area contributed by atoms with Crippen LogP contribution in [0, 0.1) is 11.6 Å². The van der Waals surface area contributed by atoms with Gasteiger partial charge in [-0.05, 0) is 12.8 Å². The summed E-state index contributed by atoms with van der Waals surface area (Å²) in [5, 5.41) is 12.7. The smallest absolute Gasteiger partial charge is 0.387 e. The molecule has 1 aliphatic carbocycles. The topological polar surface area (TPSA) is 58.6 Å². The van der Waals surface area contributed by atoms with Gasteiger partial charge in [0.1, 0.15) is 22.9 Å². The Labute approximate surface area is 136 Å². The van der Waals surface area contributed by atoms with Crippen molar-refractivity contribution in [2.75, 3.05) is 6.54 Å². The maximum Gasteiger partial charge on any atom is 0.387 e. The van der Waals surface area contributed by atoms with E-state index in [9.17, 15) is 27.5 Å². The van der Waals surface area contributed by atoms with Crippen LogP contribution in [0.3, 0.4) is 0 Å². The van der Waals surface area contributed by atoms with E-state index in [0.29, 0.717) is 25.0 Å². The fourth-order valence-corrected chi connectivity index (χ4v) is 2.83. The summed E-state index contributed by atoms with van der Waals surface area (Å²) < 4.78 is 55.8. The standard InChI is InChI=1S/C16H19F4NO3/c17-11-7-10(24-15(19)20)8-12(18)13(11)14(22)21-9-16(23)5-3-1-2-4-6-16/h7-8,15,23H,1-6,9H2,(H,21,22). The molecule has 0 radical (unpaired) electrons. The number of hydrogen-bond donors (Lipinski definition) is 2. The molecule has 1 aromatic rings. The van der Waals surface area contributed by atoms with Gasteiger partial charge in [-0.2, -0.15) is 8.78 Å². The molecule has 8 heteroatoms. The van der Waals surface area contributed by atoms with Gasteiger partial charge in [-0.15, -0.1) is 0 Å². The largest absolute Gasteiger partial charge is 0.435 e. The first-order chi connectivity index (χ1) is 11.3. The molecule has 1 aliphatic rings. The maximum atomic E-state index is 13.8. The fourth-order valence-electron chi connectivity index (χ4n) is 2.83. The van der Waals surface area contributed by atoms with Crippen molar-refractivity contribution in [1.82, 2.24) is 5.32 Å². The molecule has 0 atom stereocenters. The molecular weight excluding hydrogens is 330 g/mol. The average molecular weight is 349 g/mol. The number of ether oxygens (including phenoxy) is 1. The van der Waals surface area contributed by atoms with Gasteiger partial charge >= 0.3 is 6.61 Å². The lowest BCUT2D eigenvalue weighted by molar-refractivity contribution is -0.0501. The number of carbonyl (C=O) groups excluding carboxylic acids is 1. The van der Waals surface area contributed by atoms with Crippen LogP contribution in [0.5, 0.6) is 5.75 Å². The van der Waals surface area contributed by atoms with E-state index in [4.69, 9.17) is 0 Å². The van der Waals surface area contributed by atoms with Crippen molar-refractivity contribution in [3.63, 3.8) is 0 Å². The zero-order valence-corrected chi connectivity index (χ0v) is 13.0. The minimum absolute atomic E-state index is 0.125. The molecule has 0 aliphatic heterocycles. The van der Waals surface area contributed by atoms with E-state index in [2.05, 4.69) is 10.1 Å². The van der Waals surface area contributed by atoms with Crippen LogP contribution in [0.4, 0.5) is 17.6 Å². The number of benzene rings is 1. The van der Waals surface area contributed by atoms with Gasteiger partial charge in [0.25, 0.3) is 5.91 Å². The van der Waals surface area contributed by atoms with E-state index in [-0.39, 0.29) is 6.54 Å². The van der Waals surface area contributed by atoms with E-state index in [0.717, 1.165) is 25.7 Å². The SMILES string of the molecule is O=C(NCC1(O)CCCCCC1)c1c(F)cc(OC(F)F)cc1F. The quantitative estimate of drug-likeness (QED) is 0.633. The number of halogens is 4. The molecule has 1 fully saturated rings. The second-order valence-electron chi connectivity index (χ2n) is 5.96. The summed E-state index contributed by atoms with van der Waals surface area (Å²) in [6.07, 6.45) is 4.61. The Morgan fingerprint density at radius 3 is 2.21 bits per heavy atom. The van der Waals surface area contributed by atoms with Gasteiger partial charge < -0.3 is 15.2 Å². The minimum atomic E-state index is -3.23. The van der Waals surface area contributed by atoms with Gasteiger partial charge in [0.15, 0.2) is 0 Å². The normalized spacial score (nSPS) is 17.4. The third-order valence-corrected chi connectivity index (χ3v) is 4.08. The molecule has 0 unspecified atom stereocenters. The Kier molecular flexibility index (Phi) is 6.04. The molecular formula is C16H19F4NO3. The average Bonchev–Trinajstić information content (AvgIpc) is 2.69. The number of amides is 1. The van der Waals surface area contributed by atoms with E-state index in [1.54, 1.807) is 0 Å². The van der Waals surface area contributed by atoms with E-state index in [1.807, 2.05) is 0 Å². The van der Waals surface area contributed by atoms with Gasteiger partial charge in [0.2, 0.25) is 0 Å². The van der Waals surface area contributed by atoms with Gasteiger partial charge in [0, 0.05) is 18.7 Å². The van der Waals surface area contributed by atoms with Crippen molar-refractivity contribution in [1.29, 1.82) is 0 Å². The van der Waals surface area contributed by atoms with Crippen LogP contribution >= 0.6 is 0 Å². The number of hydrogen-bond acceptors (Lipinski definition) is 3. The van der Waals surface area contributed by atoms with Crippen LogP contribution in [-0.4, -0.2) is 29.8 Å². The summed E-state index contributed by atoms with van der Waals surface area (Å²) in [7, 11) is 0. The maximum absolute atomic E-state index is 13.8. The Morgan fingerprint density at radius 2 is 1.71 bits per heavy atom. The first-order valence-electron chi connectivity index (χ1n) is 7.75. The lowest BCUT2D eigenvalue weighted by Gasteiger charge is -2.26. The molecule has 2 N–H and O–H groups in total. The molecule has 0 bridgehead atoms. The monoisotopic (exact) mass is 349 g/mol. The van der Waals surface area contributed by atoms with Gasteiger partial charge in [-0.3, -0.25) is 4.79 Å². The third-order valence-electron chi connectivity index (χ3n) is 4.08. The lowest BCUT2D eigenvalue weighted by atomic mass is 9.94. The van der Waals surface area contributed by atoms with Crippen molar-refractivity contribution in [2.24, 2.45) is 0 Å². The zero-order valence-electron chi connectivity index (χ0n) is 13.0. The Bertz CT molecular complexity index is 564. The number of aliphatic hydroxyl groups is 1. The van der Waals surface area contributed by atoms with Crippen LogP contribution < -0.4 is 10.1 Å². The number of alkyl halides is 2. The minimum Gasteiger partial charge on any atom is -0.435 e. The lowest BCUT2D eigenvalue weighted by Crippen LogP contribution is -2.43. The molecule has 24 heavy (non-hydrogen) atoms. The van der Waals surface area contributed by atoms with E-state index in [1.165, 1.54) is 0 Å². The fraction of sp³-hybridized carbons (Fsp3) is 0.562. The summed E-state index contributed by atoms with van der Waals surface area (Å²) >= 11 is 0. The van der Waals surface area contributed by atoms with Crippen LogP contribution in [0.1, 0.15) is 48.9 Å². The van der Waals surface area contributed by atoms with E-state index < -0.39 is 41.1 Å². The highest BCUT2D eigenvalue weighted by Gasteiger charge is 2.29. The highest BCUT2D eigenvalue weighted by Crippen LogP contribution is 2.27. The Balaban J connectivity index is 2.06. The van der Waals surface area contributed by atoms with Crippen molar-refractivity contribution in [3.8, 4) is 5.75 Å². The molecule has 0 saturated heterocycles. The second-order valence-corrected chi connectivity index (χ2v) is 5.96. The zero-order chi connectivity index (χ0) is 17.7. The van der Waals surface area contributed by atoms with Gasteiger partial charge in [0.05, 0.1) is 5.60 Å². The highest BCUT2D eigenvalue weighted by atomic mass is 19.3. The third kappa shape index (κ3) is 4.83. The number of rotatable bonds is 5. The molecule has 1 saturated carbocycles. The van der Waals surface area contributed by atoms with Crippen LogP contribution in [-0.2, 0) is 0 Å². The van der Waals surface area contributed by atoms with Gasteiger partial charge in [-0.25, -0.2) is 8.78 Å². The van der Waals surface area contributed by atoms with E-state index >= 15 is 0 Å². The number of nitrogens with one attached hydrogen (secondary N) is 1. The van der Waals surface area contributed by atoms with Crippen LogP contribution in [0.15, 0.2) is 12.1 Å². The Morgan fingerprint density at radius 1 is 1.17 bits per heavy atom. The molecule has 0 spiro atoms. The second kappa shape index (κ2) is 7.83. The summed E-state index contributed by atoms with van der Waals surface area (Å²) in [5.41, 5.74) is -1.99. The number of carbonyl (C=O) groups is 1. The van der Waals surface area contributed by atoms with Crippen molar-refractivity contribution in [2.45, 2.75) is 50.7 Å². The molecule has 134 valence electrons. The molecule has 0 heterocycles. The molecule has 0 aromatic heterocycles. The summed E-state index contributed by atoms with van der Waals surface area (Å²) in [5.74, 6) is -4.38. The van der Waals surface area contributed by atoms with Crippen LogP contribution in [0.25, 0.3) is 0 Å². The van der Waals surface area contributed by atoms with Crippen molar-refractivity contribution >= 4 is 5.91 Å². The summed E-state index contributed by atoms with van der Waals surface area (Å²) in [6, 6.07) is 1.04. The molecule has 1 amide bonds. The van der Waals surface area contributed by atoms with Crippen LogP contribution in [0.2, 0.25) is 0 Å².